The van der Waals surface area contributed by atoms with Gasteiger partial charge in [0.25, 0.3) is 0 Å². The molecule has 0 spiro atoms. The van der Waals surface area contributed by atoms with Gasteiger partial charge in [-0.1, -0.05) is 11.2 Å². The lowest BCUT2D eigenvalue weighted by Gasteiger charge is -2.35. The summed E-state index contributed by atoms with van der Waals surface area (Å²) in [5, 5.41) is 8.88. The zero-order valence-electron chi connectivity index (χ0n) is 18.5. The van der Waals surface area contributed by atoms with Crippen molar-refractivity contribution >= 4 is 0 Å². The highest BCUT2D eigenvalue weighted by Crippen LogP contribution is 2.32. The predicted octanol–water partition coefficient (Wildman–Crippen LogP) is 2.64. The average molecular weight is 428 g/mol. The molecule has 0 bridgehead atoms. The number of morpholine rings is 1. The third-order valence-electron chi connectivity index (χ3n) is 5.60. The van der Waals surface area contributed by atoms with Crippen molar-refractivity contribution in [3.05, 3.63) is 52.9 Å². The van der Waals surface area contributed by atoms with Crippen LogP contribution in [0.1, 0.15) is 34.7 Å². The summed E-state index contributed by atoms with van der Waals surface area (Å²) in [7, 11) is 3.33. The van der Waals surface area contributed by atoms with E-state index in [1.54, 1.807) is 14.2 Å². The Bertz CT molecular complexity index is 1020. The first kappa shape index (κ1) is 21.5. The van der Waals surface area contributed by atoms with Crippen molar-refractivity contribution in [1.29, 1.82) is 0 Å². The summed E-state index contributed by atoms with van der Waals surface area (Å²) in [6.45, 7) is 7.32. The first-order valence-electron chi connectivity index (χ1n) is 10.4. The Balaban J connectivity index is 1.59. The van der Waals surface area contributed by atoms with Crippen LogP contribution in [0.25, 0.3) is 5.69 Å². The summed E-state index contributed by atoms with van der Waals surface area (Å²) >= 11 is 0. The molecule has 3 heterocycles. The SMILES string of the molecule is COCCc1noc(CN2CCOCC2c2c(C)nn(-c3cccc(OC)c3)c2C)n1. The molecule has 1 aliphatic rings. The smallest absolute Gasteiger partial charge is 0.240 e. The molecule has 0 N–H and O–H groups in total. The molecule has 1 fully saturated rings. The Labute approximate surface area is 181 Å². The molecule has 0 saturated carbocycles. The van der Waals surface area contributed by atoms with Gasteiger partial charge >= 0.3 is 0 Å². The lowest BCUT2D eigenvalue weighted by Crippen LogP contribution is -2.39. The van der Waals surface area contributed by atoms with E-state index in [4.69, 9.17) is 23.8 Å². The molecule has 3 aromatic rings. The van der Waals surface area contributed by atoms with E-state index in [0.29, 0.717) is 44.5 Å². The van der Waals surface area contributed by atoms with Crippen molar-refractivity contribution in [3.8, 4) is 11.4 Å². The summed E-state index contributed by atoms with van der Waals surface area (Å²) in [6, 6.07) is 7.97. The van der Waals surface area contributed by atoms with Crippen LogP contribution in [-0.2, 0) is 22.4 Å². The van der Waals surface area contributed by atoms with Gasteiger partial charge in [-0.3, -0.25) is 4.90 Å². The van der Waals surface area contributed by atoms with E-state index < -0.39 is 0 Å². The number of methoxy groups -OCH3 is 2. The van der Waals surface area contributed by atoms with Crippen molar-refractivity contribution < 1.29 is 18.7 Å². The van der Waals surface area contributed by atoms with Crippen molar-refractivity contribution in [3.63, 3.8) is 0 Å². The average Bonchev–Trinajstić information content (AvgIpc) is 3.36. The van der Waals surface area contributed by atoms with E-state index in [0.717, 1.165) is 29.4 Å². The van der Waals surface area contributed by atoms with Crippen LogP contribution in [0.2, 0.25) is 0 Å². The highest BCUT2D eigenvalue weighted by molar-refractivity contribution is 5.42. The third-order valence-corrected chi connectivity index (χ3v) is 5.60. The van der Waals surface area contributed by atoms with Gasteiger partial charge in [-0.2, -0.15) is 10.1 Å². The van der Waals surface area contributed by atoms with Crippen LogP contribution in [0.4, 0.5) is 0 Å². The highest BCUT2D eigenvalue weighted by Gasteiger charge is 2.31. The molecule has 9 nitrogen and oxygen atoms in total. The molecule has 1 atom stereocenters. The minimum atomic E-state index is 0.0578. The van der Waals surface area contributed by atoms with Crippen molar-refractivity contribution in [2.45, 2.75) is 32.9 Å². The van der Waals surface area contributed by atoms with Crippen LogP contribution in [-0.4, -0.2) is 65.4 Å². The maximum Gasteiger partial charge on any atom is 0.240 e. The predicted molar refractivity (Wildman–Crippen MR) is 113 cm³/mol. The molecule has 4 rings (SSSR count). The molecular formula is C22H29N5O4. The maximum absolute atomic E-state index is 5.84. The number of ether oxygens (including phenoxy) is 3. The van der Waals surface area contributed by atoms with Crippen molar-refractivity contribution in [2.24, 2.45) is 0 Å². The zero-order chi connectivity index (χ0) is 21.8. The molecule has 1 saturated heterocycles. The molecule has 0 radical (unpaired) electrons. The molecule has 0 amide bonds. The molecule has 166 valence electrons. The largest absolute Gasteiger partial charge is 0.497 e. The summed E-state index contributed by atoms with van der Waals surface area (Å²) < 4.78 is 23.8. The Morgan fingerprint density at radius 2 is 2.10 bits per heavy atom. The quantitative estimate of drug-likeness (QED) is 0.542. The van der Waals surface area contributed by atoms with Crippen LogP contribution in [0, 0.1) is 13.8 Å². The minimum absolute atomic E-state index is 0.0578. The fraction of sp³-hybridized carbons (Fsp3) is 0.500. The van der Waals surface area contributed by atoms with E-state index in [1.165, 1.54) is 5.56 Å². The van der Waals surface area contributed by atoms with Crippen LogP contribution in [0.15, 0.2) is 28.8 Å². The molecule has 0 aliphatic carbocycles. The number of aromatic nitrogens is 4. The van der Waals surface area contributed by atoms with Crippen LogP contribution < -0.4 is 4.74 Å². The minimum Gasteiger partial charge on any atom is -0.497 e. The molecular weight excluding hydrogens is 398 g/mol. The third kappa shape index (κ3) is 4.63. The highest BCUT2D eigenvalue weighted by atomic mass is 16.5. The Hall–Kier alpha value is -2.75. The summed E-state index contributed by atoms with van der Waals surface area (Å²) in [4.78, 5) is 6.84. The van der Waals surface area contributed by atoms with Crippen LogP contribution in [0.3, 0.4) is 0 Å². The number of benzene rings is 1. The number of aryl methyl sites for hydroxylation is 1. The molecule has 1 aromatic carbocycles. The maximum atomic E-state index is 5.84. The van der Waals surface area contributed by atoms with Crippen LogP contribution >= 0.6 is 0 Å². The van der Waals surface area contributed by atoms with Crippen molar-refractivity contribution in [1.82, 2.24) is 24.8 Å². The van der Waals surface area contributed by atoms with Crippen LogP contribution in [0.5, 0.6) is 5.75 Å². The van der Waals surface area contributed by atoms with Gasteiger partial charge in [-0.05, 0) is 26.0 Å². The molecule has 31 heavy (non-hydrogen) atoms. The molecule has 2 aromatic heterocycles. The van der Waals surface area contributed by atoms with Gasteiger partial charge in [0.1, 0.15) is 5.75 Å². The standard InChI is InChI=1S/C22H29N5O4/c1-15-22(16(2)27(24-15)17-6-5-7-18(12-17)29-4)19-14-30-11-9-26(19)13-21-23-20(25-31-21)8-10-28-3/h5-7,12,19H,8-11,13-14H2,1-4H3. The Kier molecular flexibility index (Phi) is 6.64. The number of rotatable bonds is 8. The first-order valence-corrected chi connectivity index (χ1v) is 10.4. The summed E-state index contributed by atoms with van der Waals surface area (Å²) in [6.07, 6.45) is 0.637. The zero-order valence-corrected chi connectivity index (χ0v) is 18.5. The molecule has 1 aliphatic heterocycles. The fourth-order valence-corrected chi connectivity index (χ4v) is 4.05. The monoisotopic (exact) mass is 427 g/mol. The van der Waals surface area contributed by atoms with Gasteiger partial charge in [-0.15, -0.1) is 0 Å². The van der Waals surface area contributed by atoms with Gasteiger partial charge in [0.2, 0.25) is 5.89 Å². The number of hydrogen-bond donors (Lipinski definition) is 0. The second-order valence-electron chi connectivity index (χ2n) is 7.61. The van der Waals surface area contributed by atoms with E-state index in [-0.39, 0.29) is 6.04 Å². The van der Waals surface area contributed by atoms with Gasteiger partial charge in [0, 0.05) is 37.4 Å². The first-order chi connectivity index (χ1) is 15.1. The summed E-state index contributed by atoms with van der Waals surface area (Å²) in [5.41, 5.74) is 4.19. The number of nitrogens with zero attached hydrogens (tertiary/aromatic N) is 5. The van der Waals surface area contributed by atoms with E-state index in [9.17, 15) is 0 Å². The van der Waals surface area contributed by atoms with Gasteiger partial charge in [0.05, 0.1) is 50.9 Å². The topological polar surface area (TPSA) is 87.7 Å². The molecule has 9 heteroatoms. The van der Waals surface area contributed by atoms with E-state index >= 15 is 0 Å². The van der Waals surface area contributed by atoms with Gasteiger partial charge < -0.3 is 18.7 Å². The lowest BCUT2D eigenvalue weighted by molar-refractivity contribution is -0.0172. The summed E-state index contributed by atoms with van der Waals surface area (Å²) in [5.74, 6) is 2.07. The second-order valence-corrected chi connectivity index (χ2v) is 7.61. The van der Waals surface area contributed by atoms with E-state index in [1.807, 2.05) is 35.9 Å². The van der Waals surface area contributed by atoms with Crippen molar-refractivity contribution in [2.75, 3.05) is 40.6 Å². The lowest BCUT2D eigenvalue weighted by atomic mass is 10.0. The normalized spacial score (nSPS) is 17.2. The Morgan fingerprint density at radius 3 is 2.90 bits per heavy atom. The number of hydrogen-bond acceptors (Lipinski definition) is 8. The van der Waals surface area contributed by atoms with E-state index in [2.05, 4.69) is 22.0 Å². The fourth-order valence-electron chi connectivity index (χ4n) is 4.05. The molecule has 1 unspecified atom stereocenters. The second kappa shape index (κ2) is 9.59. The Morgan fingerprint density at radius 1 is 1.23 bits per heavy atom. The van der Waals surface area contributed by atoms with Gasteiger partial charge in [-0.25, -0.2) is 4.68 Å². The van der Waals surface area contributed by atoms with Gasteiger partial charge in [0.15, 0.2) is 5.82 Å².